The second kappa shape index (κ2) is 2.85. The number of methoxy groups -OCH3 is 1. The number of fused-ring (bicyclic) bond motifs is 1. The molecule has 0 aromatic heterocycles. The first kappa shape index (κ1) is 11.1. The fourth-order valence-electron chi connectivity index (χ4n) is 6.13. The van der Waals surface area contributed by atoms with Gasteiger partial charge < -0.3 is 14.6 Å². The largest absolute Gasteiger partial charge is 0.493 e. The second-order valence-electron chi connectivity index (χ2n) is 7.16. The van der Waals surface area contributed by atoms with Gasteiger partial charge in [-0.15, -0.1) is 0 Å². The average molecular weight is 283 g/mol. The molecule has 0 radical (unpaired) electrons. The Morgan fingerprint density at radius 2 is 2.24 bits per heavy atom. The Morgan fingerprint density at radius 1 is 1.38 bits per heavy atom. The van der Waals surface area contributed by atoms with E-state index in [4.69, 9.17) is 9.47 Å². The first-order valence-electron chi connectivity index (χ1n) is 7.64. The molecule has 1 saturated heterocycles. The molecule has 0 amide bonds. The molecule has 2 aliphatic heterocycles. The smallest absolute Gasteiger partial charge is 0.166 e. The number of likely N-dealkylation sites (tertiary alicyclic amines) is 1. The molecule has 108 valence electrons. The predicted molar refractivity (Wildman–Crippen MR) is 75.6 cm³/mol. The summed E-state index contributed by atoms with van der Waals surface area (Å²) >= 11 is 0. The highest BCUT2D eigenvalue weighted by molar-refractivity contribution is 5.70. The minimum absolute atomic E-state index is 0.0372. The average Bonchev–Trinajstić information content (AvgIpc) is 2.84. The molecule has 2 spiro atoms. The molecule has 21 heavy (non-hydrogen) atoms. The Balaban J connectivity index is 1.73. The van der Waals surface area contributed by atoms with Crippen LogP contribution in [0.15, 0.2) is 24.3 Å². The van der Waals surface area contributed by atoms with Crippen LogP contribution in [-0.2, 0) is 11.0 Å². The summed E-state index contributed by atoms with van der Waals surface area (Å²) < 4.78 is 11.7. The van der Waals surface area contributed by atoms with Crippen molar-refractivity contribution in [1.82, 2.24) is 4.90 Å². The lowest BCUT2D eigenvalue weighted by molar-refractivity contribution is 0.00605. The van der Waals surface area contributed by atoms with Gasteiger partial charge in [-0.3, -0.25) is 4.90 Å². The Bertz CT molecular complexity index is 744. The molecule has 2 bridgehead atoms. The van der Waals surface area contributed by atoms with Gasteiger partial charge in [-0.25, -0.2) is 0 Å². The monoisotopic (exact) mass is 283 g/mol. The van der Waals surface area contributed by atoms with Crippen molar-refractivity contribution >= 4 is 0 Å². The van der Waals surface area contributed by atoms with E-state index in [1.807, 2.05) is 12.1 Å². The molecule has 6 rings (SSSR count). The standard InChI is InChI=1S/C17H17NO3/c1-18-14-9-3-5-10(19)15-16(9)7-17(14,18)8-4-6-11(20-2)13(21-15)12(8)16/h3-6,9-10,14-15,19H,7H2,1-2H3/t9?,10-,14-,15-,16-,17-,18?/m0/s1. The number of hydrogen-bond donors (Lipinski definition) is 1. The quantitative estimate of drug-likeness (QED) is 0.620. The fraction of sp³-hybridized carbons (Fsp3) is 0.529. The molecule has 1 aromatic carbocycles. The summed E-state index contributed by atoms with van der Waals surface area (Å²) in [5.41, 5.74) is 2.87. The van der Waals surface area contributed by atoms with Crippen molar-refractivity contribution in [2.75, 3.05) is 14.2 Å². The van der Waals surface area contributed by atoms with E-state index < -0.39 is 6.10 Å². The molecular formula is C17H17NO3. The van der Waals surface area contributed by atoms with Crippen molar-refractivity contribution in [2.24, 2.45) is 5.92 Å². The zero-order valence-electron chi connectivity index (χ0n) is 12.0. The topological polar surface area (TPSA) is 41.7 Å². The van der Waals surface area contributed by atoms with E-state index >= 15 is 0 Å². The van der Waals surface area contributed by atoms with Crippen LogP contribution in [0.1, 0.15) is 17.5 Å². The van der Waals surface area contributed by atoms with Crippen LogP contribution in [0.5, 0.6) is 11.5 Å². The van der Waals surface area contributed by atoms with E-state index in [0.29, 0.717) is 12.0 Å². The number of aliphatic hydroxyl groups is 1. The summed E-state index contributed by atoms with van der Waals surface area (Å²) in [7, 11) is 3.91. The Morgan fingerprint density at radius 3 is 3.05 bits per heavy atom. The lowest BCUT2D eigenvalue weighted by Gasteiger charge is -2.40. The Hall–Kier alpha value is -1.52. The minimum Gasteiger partial charge on any atom is -0.493 e. The van der Waals surface area contributed by atoms with Crippen LogP contribution < -0.4 is 9.47 Å². The van der Waals surface area contributed by atoms with Crippen LogP contribution >= 0.6 is 0 Å². The van der Waals surface area contributed by atoms with Gasteiger partial charge in [0.2, 0.25) is 0 Å². The maximum atomic E-state index is 10.5. The molecule has 7 atom stereocenters. The molecule has 2 heterocycles. The molecular weight excluding hydrogens is 266 g/mol. The second-order valence-corrected chi connectivity index (χ2v) is 7.16. The number of rotatable bonds is 1. The van der Waals surface area contributed by atoms with Crippen LogP contribution in [0.25, 0.3) is 0 Å². The maximum absolute atomic E-state index is 10.5. The van der Waals surface area contributed by atoms with Gasteiger partial charge in [0, 0.05) is 22.9 Å². The number of piperidine rings is 1. The summed E-state index contributed by atoms with van der Waals surface area (Å²) in [5.74, 6) is 2.13. The first-order valence-corrected chi connectivity index (χ1v) is 7.64. The van der Waals surface area contributed by atoms with Gasteiger partial charge in [0.25, 0.3) is 0 Å². The van der Waals surface area contributed by atoms with Crippen LogP contribution in [0.2, 0.25) is 0 Å². The Kier molecular flexibility index (Phi) is 1.51. The molecule has 1 aromatic rings. The van der Waals surface area contributed by atoms with E-state index in [1.165, 1.54) is 11.1 Å². The summed E-state index contributed by atoms with van der Waals surface area (Å²) in [5, 5.41) is 10.5. The first-order chi connectivity index (χ1) is 10.2. The number of aliphatic hydroxyl groups excluding tert-OH is 1. The molecule has 2 unspecified atom stereocenters. The highest BCUT2D eigenvalue weighted by Crippen LogP contribution is 2.79. The van der Waals surface area contributed by atoms with Gasteiger partial charge in [0.05, 0.1) is 12.6 Å². The van der Waals surface area contributed by atoms with Crippen molar-refractivity contribution in [3.05, 3.63) is 35.4 Å². The summed E-state index contributed by atoms with van der Waals surface area (Å²) in [6.07, 6.45) is 4.56. The molecule has 1 saturated carbocycles. The van der Waals surface area contributed by atoms with E-state index in [-0.39, 0.29) is 17.1 Å². The summed E-state index contributed by atoms with van der Waals surface area (Å²) in [6.45, 7) is 0. The van der Waals surface area contributed by atoms with Gasteiger partial charge in [0.1, 0.15) is 12.2 Å². The lowest BCUT2D eigenvalue weighted by Crippen LogP contribution is -2.51. The lowest BCUT2D eigenvalue weighted by atomic mass is 9.64. The van der Waals surface area contributed by atoms with Crippen LogP contribution in [0, 0.1) is 5.92 Å². The van der Waals surface area contributed by atoms with Crippen LogP contribution in [0.3, 0.4) is 0 Å². The van der Waals surface area contributed by atoms with Crippen molar-refractivity contribution < 1.29 is 14.6 Å². The van der Waals surface area contributed by atoms with Gasteiger partial charge >= 0.3 is 0 Å². The molecule has 4 nitrogen and oxygen atoms in total. The zero-order chi connectivity index (χ0) is 14.1. The van der Waals surface area contributed by atoms with Gasteiger partial charge in [0.15, 0.2) is 11.5 Å². The minimum atomic E-state index is -0.524. The van der Waals surface area contributed by atoms with E-state index in [0.717, 1.165) is 17.9 Å². The third-order valence-electron chi connectivity index (χ3n) is 6.82. The third kappa shape index (κ3) is 0.815. The highest BCUT2D eigenvalue weighted by atomic mass is 16.5. The number of benzene rings is 1. The normalized spacial score (nSPS) is 52.4. The number of ether oxygens (including phenoxy) is 2. The van der Waals surface area contributed by atoms with Gasteiger partial charge in [-0.2, -0.15) is 0 Å². The van der Waals surface area contributed by atoms with E-state index in [2.05, 4.69) is 24.1 Å². The number of nitrogens with zero attached hydrogens (tertiary/aromatic N) is 1. The maximum Gasteiger partial charge on any atom is 0.166 e. The van der Waals surface area contributed by atoms with Crippen molar-refractivity contribution in [1.29, 1.82) is 0 Å². The summed E-state index contributed by atoms with van der Waals surface area (Å²) in [6, 6.07) is 4.81. The molecule has 3 aliphatic carbocycles. The fourth-order valence-corrected chi connectivity index (χ4v) is 6.13. The molecule has 1 N–H and O–H groups in total. The molecule has 4 heteroatoms. The summed E-state index contributed by atoms with van der Waals surface area (Å²) in [4.78, 5) is 2.50. The van der Waals surface area contributed by atoms with Crippen molar-refractivity contribution in [3.63, 3.8) is 0 Å². The third-order valence-corrected chi connectivity index (χ3v) is 6.82. The van der Waals surface area contributed by atoms with E-state index in [1.54, 1.807) is 7.11 Å². The molecule has 2 fully saturated rings. The zero-order valence-corrected chi connectivity index (χ0v) is 12.0. The SMILES string of the molecule is COc1ccc2c3c1O[C@H]1[C@@H](O)C=CC4[C@@H]5N(C)[C@@]25C[C@@]341. The predicted octanol–water partition coefficient (Wildman–Crippen LogP) is 1.17. The van der Waals surface area contributed by atoms with E-state index in [9.17, 15) is 5.11 Å². The number of hydrogen-bond acceptors (Lipinski definition) is 4. The molecule has 5 aliphatic rings. The van der Waals surface area contributed by atoms with Crippen molar-refractivity contribution in [2.45, 2.75) is 35.6 Å². The Labute approximate surface area is 123 Å². The number of likely N-dealkylation sites (N-methyl/N-ethyl adjacent to an activating group) is 1. The van der Waals surface area contributed by atoms with Crippen LogP contribution in [0.4, 0.5) is 0 Å². The van der Waals surface area contributed by atoms with Gasteiger partial charge in [-0.05, 0) is 25.1 Å². The van der Waals surface area contributed by atoms with Crippen molar-refractivity contribution in [3.8, 4) is 11.5 Å². The highest BCUT2D eigenvalue weighted by Gasteiger charge is 2.84. The van der Waals surface area contributed by atoms with Crippen LogP contribution in [-0.4, -0.2) is 42.4 Å². The van der Waals surface area contributed by atoms with Gasteiger partial charge in [-0.1, -0.05) is 18.2 Å².